The Balaban J connectivity index is 2.44. The molecule has 0 aromatic rings. The Morgan fingerprint density at radius 3 is 2.57 bits per heavy atom. The Morgan fingerprint density at radius 1 is 1.11 bits per heavy atom. The Labute approximate surface area is 168 Å². The molecular weight excluding hydrogens is 360 g/mol. The summed E-state index contributed by atoms with van der Waals surface area (Å²) in [6.07, 6.45) is 14.9. The van der Waals surface area contributed by atoms with E-state index in [1.807, 2.05) is 12.2 Å². The lowest BCUT2D eigenvalue weighted by Gasteiger charge is -2.20. The predicted octanol–water partition coefficient (Wildman–Crippen LogP) is 4.32. The summed E-state index contributed by atoms with van der Waals surface area (Å²) in [6.45, 7) is 2.12. The van der Waals surface area contributed by atoms with Gasteiger partial charge in [-0.2, -0.15) is 0 Å². The number of hydrogen-bond donors (Lipinski definition) is 4. The van der Waals surface area contributed by atoms with E-state index >= 15 is 0 Å². The summed E-state index contributed by atoms with van der Waals surface area (Å²) in [6, 6.07) is 0. The summed E-state index contributed by atoms with van der Waals surface area (Å²) in [5.74, 6) is -0.953. The summed E-state index contributed by atoms with van der Waals surface area (Å²) in [5, 5.41) is 38.3. The van der Waals surface area contributed by atoms with Crippen LogP contribution in [0.1, 0.15) is 77.6 Å². The van der Waals surface area contributed by atoms with Gasteiger partial charge in [0.25, 0.3) is 0 Å². The van der Waals surface area contributed by atoms with Crippen LogP contribution in [0.25, 0.3) is 0 Å². The number of unbranched alkanes of at least 4 members (excludes halogenated alkanes) is 5. The Morgan fingerprint density at radius 2 is 1.89 bits per heavy atom. The van der Waals surface area contributed by atoms with Gasteiger partial charge in [0.1, 0.15) is 6.10 Å². The molecule has 0 aliphatic heterocycles. The van der Waals surface area contributed by atoms with Crippen molar-refractivity contribution >= 4 is 5.97 Å². The molecule has 0 bridgehead atoms. The summed E-state index contributed by atoms with van der Waals surface area (Å²) in [4.78, 5) is 15.0. The minimum Gasteiger partial charge on any atom is -0.481 e. The van der Waals surface area contributed by atoms with Gasteiger partial charge in [-0.05, 0) is 38.0 Å². The fourth-order valence-electron chi connectivity index (χ4n) is 3.82. The van der Waals surface area contributed by atoms with E-state index in [-0.39, 0.29) is 24.4 Å². The van der Waals surface area contributed by atoms with Gasteiger partial charge in [-0.25, -0.2) is 4.89 Å². The van der Waals surface area contributed by atoms with Gasteiger partial charge in [-0.1, -0.05) is 56.9 Å². The molecule has 1 unspecified atom stereocenters. The van der Waals surface area contributed by atoms with E-state index in [0.29, 0.717) is 19.3 Å². The second-order valence-corrected chi connectivity index (χ2v) is 7.84. The van der Waals surface area contributed by atoms with E-state index in [0.717, 1.165) is 44.9 Å². The van der Waals surface area contributed by atoms with Crippen LogP contribution in [0, 0.1) is 11.8 Å². The summed E-state index contributed by atoms with van der Waals surface area (Å²) in [7, 11) is 0. The first kappa shape index (κ1) is 24.8. The molecule has 0 amide bonds. The van der Waals surface area contributed by atoms with Gasteiger partial charge in [0.2, 0.25) is 0 Å². The highest BCUT2D eigenvalue weighted by Crippen LogP contribution is 2.36. The molecule has 5 atom stereocenters. The molecule has 4 N–H and O–H groups in total. The number of hydrogen-bond acceptors (Lipinski definition) is 5. The third kappa shape index (κ3) is 9.82. The van der Waals surface area contributed by atoms with Gasteiger partial charge in [0, 0.05) is 18.8 Å². The molecule has 1 aliphatic carbocycles. The first-order valence-corrected chi connectivity index (χ1v) is 10.7. The standard InChI is InChI=1S/C22H38O6/c1-2-3-8-11-17(28-27)14-15-19-18(20(23)16-21(19)24)12-9-6-4-5-7-10-13-22(25)26/h6,9,14-15,17-21,23-24,27H,2-5,7-8,10-13,16H2,1H3,(H,25,26)/b9-6+,15-14+/t17?,18-,19-,20+,21-/m1/s1. The number of aliphatic hydroxyl groups is 2. The molecule has 6 nitrogen and oxygen atoms in total. The number of carboxylic acids is 1. The van der Waals surface area contributed by atoms with Crippen molar-refractivity contribution in [1.82, 2.24) is 0 Å². The van der Waals surface area contributed by atoms with Crippen molar-refractivity contribution < 1.29 is 30.3 Å². The van der Waals surface area contributed by atoms with Gasteiger partial charge in [0.15, 0.2) is 0 Å². The van der Waals surface area contributed by atoms with E-state index in [4.69, 9.17) is 10.4 Å². The molecule has 1 fully saturated rings. The molecule has 1 rings (SSSR count). The first-order valence-electron chi connectivity index (χ1n) is 10.7. The van der Waals surface area contributed by atoms with Crippen LogP contribution in [0.3, 0.4) is 0 Å². The third-order valence-electron chi connectivity index (χ3n) is 5.53. The molecular formula is C22H38O6. The maximum absolute atomic E-state index is 10.5. The molecule has 0 heterocycles. The normalized spacial score (nSPS) is 26.4. The lowest BCUT2D eigenvalue weighted by Crippen LogP contribution is -2.20. The van der Waals surface area contributed by atoms with Gasteiger partial charge < -0.3 is 15.3 Å². The number of rotatable bonds is 15. The van der Waals surface area contributed by atoms with E-state index in [9.17, 15) is 15.0 Å². The number of carboxylic acid groups (broad SMARTS) is 1. The Bertz CT molecular complexity index is 476. The Kier molecular flexibility index (Phi) is 13.1. The van der Waals surface area contributed by atoms with Gasteiger partial charge >= 0.3 is 5.97 Å². The van der Waals surface area contributed by atoms with E-state index in [1.54, 1.807) is 6.08 Å². The maximum Gasteiger partial charge on any atom is 0.303 e. The zero-order valence-electron chi connectivity index (χ0n) is 17.1. The van der Waals surface area contributed by atoms with Crippen molar-refractivity contribution in [3.8, 4) is 0 Å². The molecule has 1 aliphatic rings. The molecule has 0 spiro atoms. The van der Waals surface area contributed by atoms with Crippen molar-refractivity contribution in [2.75, 3.05) is 0 Å². The van der Waals surface area contributed by atoms with Crippen molar-refractivity contribution in [1.29, 1.82) is 0 Å². The van der Waals surface area contributed by atoms with Crippen LogP contribution in [-0.2, 0) is 9.68 Å². The van der Waals surface area contributed by atoms with Crippen molar-refractivity contribution in [3.05, 3.63) is 24.3 Å². The number of carbonyl (C=O) groups is 1. The predicted molar refractivity (Wildman–Crippen MR) is 109 cm³/mol. The SMILES string of the molecule is CCCCCC(/C=C/[C@@H]1[C@@H](C/C=C/CCCCCC(=O)O)[C@@H](O)C[C@H]1O)OO. The zero-order valence-corrected chi connectivity index (χ0v) is 17.1. The Hall–Kier alpha value is -1.21. The second kappa shape index (κ2) is 14.7. The molecule has 162 valence electrons. The van der Waals surface area contributed by atoms with Gasteiger partial charge in [-0.15, -0.1) is 0 Å². The topological polar surface area (TPSA) is 107 Å². The zero-order chi connectivity index (χ0) is 20.8. The molecule has 6 heteroatoms. The van der Waals surface area contributed by atoms with Crippen molar-refractivity contribution in [2.45, 2.75) is 95.9 Å². The third-order valence-corrected chi connectivity index (χ3v) is 5.53. The van der Waals surface area contributed by atoms with Crippen LogP contribution in [0.15, 0.2) is 24.3 Å². The van der Waals surface area contributed by atoms with Crippen LogP contribution in [0.2, 0.25) is 0 Å². The van der Waals surface area contributed by atoms with E-state index in [1.165, 1.54) is 0 Å². The van der Waals surface area contributed by atoms with Crippen LogP contribution in [0.5, 0.6) is 0 Å². The van der Waals surface area contributed by atoms with E-state index in [2.05, 4.69) is 17.9 Å². The summed E-state index contributed by atoms with van der Waals surface area (Å²) in [5.41, 5.74) is 0. The average Bonchev–Trinajstić information content (AvgIpc) is 2.93. The fraction of sp³-hybridized carbons (Fsp3) is 0.773. The number of aliphatic hydroxyl groups excluding tert-OH is 2. The summed E-state index contributed by atoms with van der Waals surface area (Å²) >= 11 is 0. The average molecular weight is 399 g/mol. The fourth-order valence-corrected chi connectivity index (χ4v) is 3.82. The monoisotopic (exact) mass is 398 g/mol. The van der Waals surface area contributed by atoms with Crippen LogP contribution in [0.4, 0.5) is 0 Å². The second-order valence-electron chi connectivity index (χ2n) is 7.84. The quantitative estimate of drug-likeness (QED) is 0.142. The van der Waals surface area contributed by atoms with Crippen LogP contribution < -0.4 is 0 Å². The van der Waals surface area contributed by atoms with Gasteiger partial charge in [-0.3, -0.25) is 10.1 Å². The number of aliphatic carboxylic acids is 1. The minimum absolute atomic E-state index is 0.0514. The highest BCUT2D eigenvalue weighted by Gasteiger charge is 2.39. The van der Waals surface area contributed by atoms with Crippen LogP contribution in [-0.4, -0.2) is 44.9 Å². The first-order chi connectivity index (χ1) is 13.5. The highest BCUT2D eigenvalue weighted by atomic mass is 17.1. The molecule has 28 heavy (non-hydrogen) atoms. The van der Waals surface area contributed by atoms with Crippen molar-refractivity contribution in [3.63, 3.8) is 0 Å². The largest absolute Gasteiger partial charge is 0.481 e. The maximum atomic E-state index is 10.5. The van der Waals surface area contributed by atoms with Crippen LogP contribution >= 0.6 is 0 Å². The lowest BCUT2D eigenvalue weighted by molar-refractivity contribution is -0.267. The highest BCUT2D eigenvalue weighted by molar-refractivity contribution is 5.66. The molecule has 0 radical (unpaired) electrons. The summed E-state index contributed by atoms with van der Waals surface area (Å²) < 4.78 is 0. The number of allylic oxidation sites excluding steroid dienone is 2. The minimum atomic E-state index is -0.748. The van der Waals surface area contributed by atoms with Crippen molar-refractivity contribution in [2.24, 2.45) is 11.8 Å². The molecule has 0 aromatic heterocycles. The molecule has 0 aromatic carbocycles. The van der Waals surface area contributed by atoms with Gasteiger partial charge in [0.05, 0.1) is 12.2 Å². The lowest BCUT2D eigenvalue weighted by atomic mass is 9.89. The molecule has 1 saturated carbocycles. The molecule has 0 saturated heterocycles. The van der Waals surface area contributed by atoms with E-state index < -0.39 is 18.2 Å². The smallest absolute Gasteiger partial charge is 0.303 e.